The number of benzene rings is 2. The van der Waals surface area contributed by atoms with Crippen molar-refractivity contribution in [2.24, 2.45) is 5.10 Å². The molecule has 0 radical (unpaired) electrons. The molecule has 1 amide bonds. The van der Waals surface area contributed by atoms with Gasteiger partial charge in [0.1, 0.15) is 0 Å². The smallest absolute Gasteiger partial charge is 0.269 e. The molecule has 2 aromatic carbocycles. The number of carbonyl (C=O) groups excluding carboxylic acids is 1. The van der Waals surface area contributed by atoms with E-state index in [0.717, 1.165) is 12.0 Å². The highest BCUT2D eigenvalue weighted by Crippen LogP contribution is 2.10. The van der Waals surface area contributed by atoms with Crippen molar-refractivity contribution in [1.82, 2.24) is 5.43 Å². The SMILES string of the molecule is CCc1ccc(CC(=O)N/N=C/c2ccc([N+](=O)[O-])cc2)cc1. The number of aryl methyl sites for hydroxylation is 1. The molecule has 0 heterocycles. The molecule has 0 aliphatic heterocycles. The molecule has 1 N–H and O–H groups in total. The van der Waals surface area contributed by atoms with Gasteiger partial charge in [0.05, 0.1) is 17.6 Å². The van der Waals surface area contributed by atoms with E-state index in [-0.39, 0.29) is 18.0 Å². The molecule has 2 aromatic rings. The Morgan fingerprint density at radius 2 is 1.74 bits per heavy atom. The van der Waals surface area contributed by atoms with Crippen molar-refractivity contribution in [3.05, 3.63) is 75.3 Å². The molecule has 2 rings (SSSR count). The zero-order chi connectivity index (χ0) is 16.7. The van der Waals surface area contributed by atoms with Crippen molar-refractivity contribution < 1.29 is 9.72 Å². The lowest BCUT2D eigenvalue weighted by Gasteiger charge is -2.02. The number of hydrogen-bond acceptors (Lipinski definition) is 4. The average molecular weight is 311 g/mol. The van der Waals surface area contributed by atoms with Crippen LogP contribution in [-0.4, -0.2) is 17.0 Å². The first kappa shape index (κ1) is 16.4. The third kappa shape index (κ3) is 5.03. The molecule has 0 saturated heterocycles. The summed E-state index contributed by atoms with van der Waals surface area (Å²) in [6.07, 6.45) is 2.66. The summed E-state index contributed by atoms with van der Waals surface area (Å²) in [7, 11) is 0. The summed E-state index contributed by atoms with van der Waals surface area (Å²) < 4.78 is 0. The second-order valence-corrected chi connectivity index (χ2v) is 4.99. The van der Waals surface area contributed by atoms with Gasteiger partial charge in [-0.05, 0) is 35.2 Å². The quantitative estimate of drug-likeness (QED) is 0.506. The minimum Gasteiger partial charge on any atom is -0.273 e. The number of nitrogens with zero attached hydrogens (tertiary/aromatic N) is 2. The first-order valence-electron chi connectivity index (χ1n) is 7.22. The van der Waals surface area contributed by atoms with Crippen LogP contribution in [0.2, 0.25) is 0 Å². The largest absolute Gasteiger partial charge is 0.273 e. The standard InChI is InChI=1S/C17H17N3O3/c1-2-13-3-5-14(6-4-13)11-17(21)19-18-12-15-7-9-16(10-8-15)20(22)23/h3-10,12H,2,11H2,1H3,(H,19,21)/b18-12+. The van der Waals surface area contributed by atoms with Crippen LogP contribution in [0.4, 0.5) is 5.69 Å². The highest BCUT2D eigenvalue weighted by atomic mass is 16.6. The van der Waals surface area contributed by atoms with Crippen molar-refractivity contribution in [3.8, 4) is 0 Å². The maximum absolute atomic E-state index is 11.8. The lowest BCUT2D eigenvalue weighted by molar-refractivity contribution is -0.384. The van der Waals surface area contributed by atoms with E-state index in [1.54, 1.807) is 12.1 Å². The molecule has 0 spiro atoms. The molecule has 23 heavy (non-hydrogen) atoms. The maximum atomic E-state index is 11.8. The summed E-state index contributed by atoms with van der Waals surface area (Å²) in [6, 6.07) is 13.8. The van der Waals surface area contributed by atoms with Gasteiger partial charge in [0.2, 0.25) is 5.91 Å². The number of non-ortho nitro benzene ring substituents is 1. The molecule has 0 aliphatic rings. The number of amides is 1. The number of nitro benzene ring substituents is 1. The Kier molecular flexibility index (Phi) is 5.57. The molecule has 0 aromatic heterocycles. The maximum Gasteiger partial charge on any atom is 0.269 e. The van der Waals surface area contributed by atoms with E-state index < -0.39 is 4.92 Å². The Morgan fingerprint density at radius 3 is 2.30 bits per heavy atom. The van der Waals surface area contributed by atoms with Crippen LogP contribution in [0.25, 0.3) is 0 Å². The van der Waals surface area contributed by atoms with E-state index in [1.165, 1.54) is 23.9 Å². The van der Waals surface area contributed by atoms with Crippen molar-refractivity contribution >= 4 is 17.8 Å². The molecule has 0 atom stereocenters. The van der Waals surface area contributed by atoms with Crippen LogP contribution in [0.15, 0.2) is 53.6 Å². The molecule has 0 aliphatic carbocycles. The normalized spacial score (nSPS) is 10.7. The zero-order valence-electron chi connectivity index (χ0n) is 12.7. The number of nitrogens with one attached hydrogen (secondary N) is 1. The first-order valence-corrected chi connectivity index (χ1v) is 7.22. The minimum atomic E-state index is -0.466. The predicted octanol–water partition coefficient (Wildman–Crippen LogP) is 2.85. The molecular formula is C17H17N3O3. The molecule has 0 unspecified atom stereocenters. The minimum absolute atomic E-state index is 0.0155. The molecule has 6 heteroatoms. The second-order valence-electron chi connectivity index (χ2n) is 4.99. The summed E-state index contributed by atoms with van der Waals surface area (Å²) in [5.41, 5.74) is 5.28. The molecule has 6 nitrogen and oxygen atoms in total. The van der Waals surface area contributed by atoms with Gasteiger partial charge in [-0.1, -0.05) is 31.2 Å². The number of carbonyl (C=O) groups is 1. The van der Waals surface area contributed by atoms with Gasteiger partial charge in [-0.3, -0.25) is 14.9 Å². The Labute approximate surface area is 134 Å². The summed E-state index contributed by atoms with van der Waals surface area (Å²) >= 11 is 0. The Balaban J connectivity index is 1.86. The summed E-state index contributed by atoms with van der Waals surface area (Å²) in [5, 5.41) is 14.4. The van der Waals surface area contributed by atoms with Crippen LogP contribution >= 0.6 is 0 Å². The topological polar surface area (TPSA) is 84.6 Å². The van der Waals surface area contributed by atoms with Gasteiger partial charge >= 0.3 is 0 Å². The fourth-order valence-corrected chi connectivity index (χ4v) is 1.98. The lowest BCUT2D eigenvalue weighted by Crippen LogP contribution is -2.19. The van der Waals surface area contributed by atoms with Gasteiger partial charge in [-0.15, -0.1) is 0 Å². The fraction of sp³-hybridized carbons (Fsp3) is 0.176. The Morgan fingerprint density at radius 1 is 1.13 bits per heavy atom. The fourth-order valence-electron chi connectivity index (χ4n) is 1.98. The van der Waals surface area contributed by atoms with E-state index in [0.29, 0.717) is 5.56 Å². The summed E-state index contributed by atoms with van der Waals surface area (Å²) in [4.78, 5) is 21.9. The highest BCUT2D eigenvalue weighted by molar-refractivity contribution is 5.83. The van der Waals surface area contributed by atoms with Crippen molar-refractivity contribution in [2.75, 3.05) is 0 Å². The first-order chi connectivity index (χ1) is 11.1. The van der Waals surface area contributed by atoms with E-state index in [1.807, 2.05) is 24.3 Å². The molecule has 118 valence electrons. The van der Waals surface area contributed by atoms with Gasteiger partial charge in [0.25, 0.3) is 5.69 Å². The Hall–Kier alpha value is -3.02. The van der Waals surface area contributed by atoms with E-state index in [2.05, 4.69) is 17.5 Å². The van der Waals surface area contributed by atoms with Crippen molar-refractivity contribution in [2.45, 2.75) is 19.8 Å². The van der Waals surface area contributed by atoms with Crippen LogP contribution < -0.4 is 5.43 Å². The summed E-state index contributed by atoms with van der Waals surface area (Å²) in [6.45, 7) is 2.08. The second kappa shape index (κ2) is 7.84. The van der Waals surface area contributed by atoms with Crippen molar-refractivity contribution in [3.63, 3.8) is 0 Å². The van der Waals surface area contributed by atoms with Crippen LogP contribution in [0.5, 0.6) is 0 Å². The Bertz CT molecular complexity index is 707. The third-order valence-electron chi connectivity index (χ3n) is 3.30. The molecule has 0 saturated carbocycles. The van der Waals surface area contributed by atoms with Gasteiger partial charge in [-0.2, -0.15) is 5.10 Å². The number of hydrogen-bond donors (Lipinski definition) is 1. The number of rotatable bonds is 6. The van der Waals surface area contributed by atoms with E-state index >= 15 is 0 Å². The van der Waals surface area contributed by atoms with Gasteiger partial charge in [-0.25, -0.2) is 5.43 Å². The van der Waals surface area contributed by atoms with Gasteiger partial charge in [0, 0.05) is 12.1 Å². The van der Waals surface area contributed by atoms with Crippen LogP contribution in [0, 0.1) is 10.1 Å². The van der Waals surface area contributed by atoms with Crippen molar-refractivity contribution in [1.29, 1.82) is 0 Å². The highest BCUT2D eigenvalue weighted by Gasteiger charge is 2.03. The average Bonchev–Trinajstić information content (AvgIpc) is 2.56. The van der Waals surface area contributed by atoms with Crippen LogP contribution in [-0.2, 0) is 17.6 Å². The molecule has 0 bridgehead atoms. The lowest BCUT2D eigenvalue weighted by atomic mass is 10.1. The zero-order valence-corrected chi connectivity index (χ0v) is 12.7. The monoisotopic (exact) mass is 311 g/mol. The van der Waals surface area contributed by atoms with Crippen LogP contribution in [0.3, 0.4) is 0 Å². The van der Waals surface area contributed by atoms with E-state index in [9.17, 15) is 14.9 Å². The molecular weight excluding hydrogens is 294 g/mol. The molecule has 0 fully saturated rings. The summed E-state index contributed by atoms with van der Waals surface area (Å²) in [5.74, 6) is -0.215. The number of hydrazone groups is 1. The van der Waals surface area contributed by atoms with E-state index in [4.69, 9.17) is 0 Å². The third-order valence-corrected chi connectivity index (χ3v) is 3.30. The van der Waals surface area contributed by atoms with Gasteiger partial charge in [0.15, 0.2) is 0 Å². The number of nitro groups is 1. The predicted molar refractivity (Wildman–Crippen MR) is 88.4 cm³/mol. The van der Waals surface area contributed by atoms with Crippen LogP contribution in [0.1, 0.15) is 23.6 Å². The van der Waals surface area contributed by atoms with Gasteiger partial charge < -0.3 is 0 Å².